The van der Waals surface area contributed by atoms with Gasteiger partial charge in [0.05, 0.1) is 12.4 Å². The van der Waals surface area contributed by atoms with Crippen molar-refractivity contribution in [3.63, 3.8) is 0 Å². The standard InChI is InChI=1S/C26H33N7O/c1-18-4-9-23(22-8-6-19(5-7-21(18)22)32-13-10-27-11-14-32)34-15-20-3-2-12-33(20)26-24-25(29-16-28-24)30-17-31-26/h5,7-9,16-18,20,27H,2-4,6,10-15H2,1H3,(H,28,29,30,31). The van der Waals surface area contributed by atoms with Gasteiger partial charge in [-0.3, -0.25) is 0 Å². The Morgan fingerprint density at radius 1 is 1.09 bits per heavy atom. The smallest absolute Gasteiger partial charge is 0.182 e. The van der Waals surface area contributed by atoms with Gasteiger partial charge in [0, 0.05) is 50.4 Å². The second-order valence-electron chi connectivity index (χ2n) is 9.64. The van der Waals surface area contributed by atoms with Crippen LogP contribution in [0.2, 0.25) is 0 Å². The number of aromatic amines is 1. The monoisotopic (exact) mass is 459 g/mol. The summed E-state index contributed by atoms with van der Waals surface area (Å²) in [5.41, 5.74) is 5.72. The van der Waals surface area contributed by atoms with Crippen LogP contribution in [-0.2, 0) is 4.74 Å². The van der Waals surface area contributed by atoms with Crippen molar-refractivity contribution in [2.75, 3.05) is 44.2 Å². The highest BCUT2D eigenvalue weighted by molar-refractivity contribution is 5.83. The van der Waals surface area contributed by atoms with Gasteiger partial charge in [0.25, 0.3) is 0 Å². The van der Waals surface area contributed by atoms with Crippen LogP contribution in [-0.4, -0.2) is 70.2 Å². The number of nitrogens with one attached hydrogen (secondary N) is 2. The maximum absolute atomic E-state index is 6.56. The molecular weight excluding hydrogens is 426 g/mol. The summed E-state index contributed by atoms with van der Waals surface area (Å²) in [5.74, 6) is 2.48. The van der Waals surface area contributed by atoms with Gasteiger partial charge in [-0.1, -0.05) is 19.1 Å². The van der Waals surface area contributed by atoms with Gasteiger partial charge in [-0.25, -0.2) is 15.0 Å². The van der Waals surface area contributed by atoms with E-state index in [0.717, 1.165) is 75.5 Å². The Morgan fingerprint density at radius 2 is 2.00 bits per heavy atom. The van der Waals surface area contributed by atoms with E-state index in [2.05, 4.69) is 66.3 Å². The number of hydrogen-bond donors (Lipinski definition) is 2. The number of nitrogens with zero attached hydrogens (tertiary/aromatic N) is 5. The van der Waals surface area contributed by atoms with Gasteiger partial charge in [0.15, 0.2) is 11.5 Å². The van der Waals surface area contributed by atoms with Crippen molar-refractivity contribution >= 4 is 17.0 Å². The van der Waals surface area contributed by atoms with E-state index < -0.39 is 0 Å². The van der Waals surface area contributed by atoms with Crippen LogP contribution in [0.15, 0.2) is 59.6 Å². The number of ether oxygens (including phenoxy) is 1. The molecule has 8 heteroatoms. The molecule has 2 fully saturated rings. The molecular formula is C26H33N7O. The van der Waals surface area contributed by atoms with Gasteiger partial charge < -0.3 is 24.8 Å². The van der Waals surface area contributed by atoms with Crippen LogP contribution in [0.1, 0.15) is 32.6 Å². The molecule has 0 amide bonds. The van der Waals surface area contributed by atoms with E-state index in [-0.39, 0.29) is 6.04 Å². The molecule has 0 radical (unpaired) electrons. The lowest BCUT2D eigenvalue weighted by atomic mass is 9.85. The minimum absolute atomic E-state index is 0.287. The van der Waals surface area contributed by atoms with E-state index in [1.807, 2.05) is 0 Å². The number of hydrogen-bond acceptors (Lipinski definition) is 7. The molecule has 2 aromatic rings. The zero-order valence-electron chi connectivity index (χ0n) is 19.8. The summed E-state index contributed by atoms with van der Waals surface area (Å²) in [6, 6.07) is 0.287. The third kappa shape index (κ3) is 4.00. The Labute approximate surface area is 200 Å². The first kappa shape index (κ1) is 21.4. The second-order valence-corrected chi connectivity index (χ2v) is 9.64. The van der Waals surface area contributed by atoms with Crippen LogP contribution in [0.3, 0.4) is 0 Å². The van der Waals surface area contributed by atoms with Crippen LogP contribution in [0.4, 0.5) is 5.82 Å². The molecule has 0 saturated carbocycles. The van der Waals surface area contributed by atoms with Crippen LogP contribution in [0.5, 0.6) is 0 Å². The number of anilines is 1. The summed E-state index contributed by atoms with van der Waals surface area (Å²) in [6.45, 7) is 8.23. The quantitative estimate of drug-likeness (QED) is 0.710. The maximum Gasteiger partial charge on any atom is 0.182 e. The van der Waals surface area contributed by atoms with E-state index >= 15 is 0 Å². The predicted molar refractivity (Wildman–Crippen MR) is 133 cm³/mol. The van der Waals surface area contributed by atoms with Crippen molar-refractivity contribution in [3.05, 3.63) is 59.6 Å². The van der Waals surface area contributed by atoms with Crippen LogP contribution in [0, 0.1) is 5.92 Å². The molecule has 4 heterocycles. The second kappa shape index (κ2) is 9.25. The highest BCUT2D eigenvalue weighted by Crippen LogP contribution is 2.38. The Kier molecular flexibility index (Phi) is 5.83. The van der Waals surface area contributed by atoms with Gasteiger partial charge >= 0.3 is 0 Å². The third-order valence-electron chi connectivity index (χ3n) is 7.54. The van der Waals surface area contributed by atoms with Crippen LogP contribution < -0.4 is 10.2 Å². The zero-order valence-corrected chi connectivity index (χ0v) is 19.8. The average molecular weight is 460 g/mol. The molecule has 34 heavy (non-hydrogen) atoms. The van der Waals surface area contributed by atoms with Crippen molar-refractivity contribution in [1.29, 1.82) is 0 Å². The molecule has 2 saturated heterocycles. The van der Waals surface area contributed by atoms with E-state index in [9.17, 15) is 0 Å². The first-order valence-electron chi connectivity index (χ1n) is 12.6. The lowest BCUT2D eigenvalue weighted by Crippen LogP contribution is -2.42. The average Bonchev–Trinajstić information content (AvgIpc) is 3.49. The lowest BCUT2D eigenvalue weighted by Gasteiger charge is -2.31. The minimum Gasteiger partial charge on any atom is -0.491 e. The van der Waals surface area contributed by atoms with E-state index in [1.165, 1.54) is 16.8 Å². The Balaban J connectivity index is 1.18. The summed E-state index contributed by atoms with van der Waals surface area (Å²) >= 11 is 0. The van der Waals surface area contributed by atoms with Crippen molar-refractivity contribution < 1.29 is 4.74 Å². The van der Waals surface area contributed by atoms with Crippen LogP contribution >= 0.6 is 0 Å². The number of rotatable bonds is 5. The fourth-order valence-electron chi connectivity index (χ4n) is 5.63. The molecule has 2 aliphatic heterocycles. The molecule has 0 spiro atoms. The van der Waals surface area contributed by atoms with E-state index in [1.54, 1.807) is 12.7 Å². The predicted octanol–water partition coefficient (Wildman–Crippen LogP) is 3.31. The molecule has 178 valence electrons. The first-order chi connectivity index (χ1) is 16.8. The summed E-state index contributed by atoms with van der Waals surface area (Å²) in [4.78, 5) is 21.2. The number of piperazine rings is 1. The topological polar surface area (TPSA) is 82.2 Å². The molecule has 6 rings (SSSR count). The molecule has 2 N–H and O–H groups in total. The number of fused-ring (bicyclic) bond motifs is 2. The Hall–Kier alpha value is -3.13. The zero-order chi connectivity index (χ0) is 22.9. The maximum atomic E-state index is 6.56. The molecule has 0 bridgehead atoms. The summed E-state index contributed by atoms with van der Waals surface area (Å²) in [7, 11) is 0. The van der Waals surface area contributed by atoms with Crippen molar-refractivity contribution in [1.82, 2.24) is 30.2 Å². The molecule has 8 nitrogen and oxygen atoms in total. The number of imidazole rings is 1. The van der Waals surface area contributed by atoms with Crippen molar-refractivity contribution in [3.8, 4) is 0 Å². The van der Waals surface area contributed by atoms with Gasteiger partial charge in [-0.05, 0) is 42.9 Å². The molecule has 2 unspecified atom stereocenters. The summed E-state index contributed by atoms with van der Waals surface area (Å²) < 4.78 is 6.56. The Bertz CT molecular complexity index is 1170. The number of aromatic nitrogens is 4. The molecule has 2 aliphatic carbocycles. The van der Waals surface area contributed by atoms with E-state index in [4.69, 9.17) is 4.74 Å². The van der Waals surface area contributed by atoms with Crippen LogP contribution in [0.25, 0.3) is 11.2 Å². The number of allylic oxidation sites excluding steroid dienone is 5. The fraction of sp³-hybridized carbons (Fsp3) is 0.500. The normalized spacial score (nSPS) is 25.3. The van der Waals surface area contributed by atoms with E-state index in [0.29, 0.717) is 18.2 Å². The molecule has 2 aromatic heterocycles. The fourth-order valence-corrected chi connectivity index (χ4v) is 5.63. The first-order valence-corrected chi connectivity index (χ1v) is 12.6. The minimum atomic E-state index is 0.287. The summed E-state index contributed by atoms with van der Waals surface area (Å²) in [5, 5.41) is 3.45. The van der Waals surface area contributed by atoms with Gasteiger partial charge in [0.1, 0.15) is 24.2 Å². The summed E-state index contributed by atoms with van der Waals surface area (Å²) in [6.07, 6.45) is 16.9. The third-order valence-corrected chi connectivity index (χ3v) is 7.54. The van der Waals surface area contributed by atoms with Gasteiger partial charge in [0.2, 0.25) is 0 Å². The van der Waals surface area contributed by atoms with Crippen molar-refractivity contribution in [2.24, 2.45) is 5.92 Å². The Morgan fingerprint density at radius 3 is 2.91 bits per heavy atom. The molecule has 2 atom stereocenters. The number of H-pyrrole nitrogens is 1. The molecule has 0 aromatic carbocycles. The molecule has 4 aliphatic rings. The SMILES string of the molecule is CC1CC=C(OCC2CCCN2c2ncnc3nc[nH]c23)C2=CCC(N3CCNCC3)=CC=C21. The largest absolute Gasteiger partial charge is 0.491 e. The highest BCUT2D eigenvalue weighted by Gasteiger charge is 2.30. The lowest BCUT2D eigenvalue weighted by molar-refractivity contribution is 0.197. The highest BCUT2D eigenvalue weighted by atomic mass is 16.5. The van der Waals surface area contributed by atoms with Crippen molar-refractivity contribution in [2.45, 2.75) is 38.6 Å². The van der Waals surface area contributed by atoms with Gasteiger partial charge in [-0.2, -0.15) is 0 Å². The van der Waals surface area contributed by atoms with Gasteiger partial charge in [-0.15, -0.1) is 0 Å².